The number of amides is 4. The van der Waals surface area contributed by atoms with Gasteiger partial charge in [-0.2, -0.15) is 8.78 Å². The Morgan fingerprint density at radius 2 is 1.90 bits per heavy atom. The number of hydrogen-bond donors (Lipinski definition) is 1. The fourth-order valence-corrected chi connectivity index (χ4v) is 3.33. The molecule has 1 saturated heterocycles. The van der Waals surface area contributed by atoms with E-state index in [4.69, 9.17) is 0 Å². The molecular weight excluding hydrogens is 408 g/mol. The number of carbonyl (C=O) groups is 3. The van der Waals surface area contributed by atoms with Gasteiger partial charge in [-0.15, -0.1) is 0 Å². The Hall–Kier alpha value is -3.49. The molecule has 31 heavy (non-hydrogen) atoms. The summed E-state index contributed by atoms with van der Waals surface area (Å²) >= 11 is 0. The number of benzene rings is 2. The van der Waals surface area contributed by atoms with E-state index in [0.29, 0.717) is 24.1 Å². The molecule has 7 nitrogen and oxygen atoms in total. The number of nitrogens with zero attached hydrogens (tertiary/aromatic N) is 2. The van der Waals surface area contributed by atoms with Gasteiger partial charge >= 0.3 is 12.6 Å². The second-order valence-corrected chi connectivity index (χ2v) is 7.20. The van der Waals surface area contributed by atoms with E-state index in [9.17, 15) is 23.2 Å². The molecule has 0 saturated carbocycles. The first-order chi connectivity index (χ1) is 14.8. The van der Waals surface area contributed by atoms with Crippen LogP contribution >= 0.6 is 0 Å². The first-order valence-electron chi connectivity index (χ1n) is 9.80. The van der Waals surface area contributed by atoms with E-state index < -0.39 is 6.61 Å². The molecule has 2 aromatic rings. The van der Waals surface area contributed by atoms with Crippen molar-refractivity contribution in [3.05, 3.63) is 59.7 Å². The number of hydrogen-bond acceptors (Lipinski definition) is 4. The highest BCUT2D eigenvalue weighted by Gasteiger charge is 2.32. The summed E-state index contributed by atoms with van der Waals surface area (Å²) in [7, 11) is 1.54. The van der Waals surface area contributed by atoms with Gasteiger partial charge in [0.1, 0.15) is 12.3 Å². The van der Waals surface area contributed by atoms with Crippen LogP contribution in [0, 0.1) is 0 Å². The number of likely N-dealkylation sites (N-methyl/N-ethyl adjacent to an activating group) is 1. The largest absolute Gasteiger partial charge is 0.435 e. The molecule has 1 N–H and O–H groups in total. The summed E-state index contributed by atoms with van der Waals surface area (Å²) in [6.07, 6.45) is 0.782. The lowest BCUT2D eigenvalue weighted by Gasteiger charge is -2.15. The van der Waals surface area contributed by atoms with Crippen molar-refractivity contribution in [2.24, 2.45) is 0 Å². The minimum atomic E-state index is -2.95. The molecule has 0 radical (unpaired) electrons. The van der Waals surface area contributed by atoms with Crippen molar-refractivity contribution >= 4 is 23.5 Å². The number of ether oxygens (including phenoxy) is 1. The van der Waals surface area contributed by atoms with Crippen LogP contribution in [0.5, 0.6) is 5.75 Å². The monoisotopic (exact) mass is 431 g/mol. The van der Waals surface area contributed by atoms with Crippen molar-refractivity contribution in [3.8, 4) is 5.75 Å². The molecule has 0 bridgehead atoms. The summed E-state index contributed by atoms with van der Waals surface area (Å²) < 4.78 is 30.1. The Morgan fingerprint density at radius 1 is 1.16 bits per heavy atom. The fraction of sp³-hybridized carbons (Fsp3) is 0.318. The summed E-state index contributed by atoms with van der Waals surface area (Å²) in [6, 6.07) is 13.4. The molecule has 2 aromatic carbocycles. The van der Waals surface area contributed by atoms with Gasteiger partial charge in [0.25, 0.3) is 0 Å². The zero-order valence-corrected chi connectivity index (χ0v) is 17.0. The quantitative estimate of drug-likeness (QED) is 0.617. The van der Waals surface area contributed by atoms with Gasteiger partial charge in [0, 0.05) is 37.7 Å². The number of nitrogens with one attached hydrogen (secondary N) is 1. The van der Waals surface area contributed by atoms with Crippen LogP contribution in [0.25, 0.3) is 0 Å². The average molecular weight is 431 g/mol. The molecule has 164 valence electrons. The molecule has 1 aliphatic rings. The van der Waals surface area contributed by atoms with Crippen LogP contribution in [-0.2, 0) is 16.0 Å². The van der Waals surface area contributed by atoms with E-state index in [2.05, 4.69) is 10.1 Å². The standard InChI is InChI=1S/C22H23F2N3O4/c1-26-14-20(29)27(22(26)30)11-5-8-19(28)25-17-9-10-18(31-21(23)24)16(13-17)12-15-6-3-2-4-7-15/h2-4,6-7,9-10,13,21H,5,8,11-12,14H2,1H3,(H,25,28). The third kappa shape index (κ3) is 6.00. The van der Waals surface area contributed by atoms with Gasteiger partial charge in [-0.25, -0.2) is 4.79 Å². The lowest BCUT2D eigenvalue weighted by Crippen LogP contribution is -2.32. The number of urea groups is 1. The zero-order valence-electron chi connectivity index (χ0n) is 17.0. The molecule has 1 aliphatic heterocycles. The zero-order chi connectivity index (χ0) is 22.4. The van der Waals surface area contributed by atoms with E-state index in [1.807, 2.05) is 30.3 Å². The minimum absolute atomic E-state index is 0.0439. The van der Waals surface area contributed by atoms with Crippen LogP contribution in [0.2, 0.25) is 0 Å². The summed E-state index contributed by atoms with van der Waals surface area (Å²) in [5, 5.41) is 2.72. The van der Waals surface area contributed by atoms with Crippen LogP contribution in [0.1, 0.15) is 24.0 Å². The van der Waals surface area contributed by atoms with Crippen molar-refractivity contribution in [1.82, 2.24) is 9.80 Å². The Bertz CT molecular complexity index is 953. The lowest BCUT2D eigenvalue weighted by atomic mass is 10.0. The Morgan fingerprint density at radius 3 is 2.55 bits per heavy atom. The number of anilines is 1. The average Bonchev–Trinajstić information content (AvgIpc) is 2.96. The summed E-state index contributed by atoms with van der Waals surface area (Å²) in [5.41, 5.74) is 1.88. The van der Waals surface area contributed by atoms with Gasteiger partial charge in [0.05, 0.1) is 0 Å². The Balaban J connectivity index is 1.61. The van der Waals surface area contributed by atoms with E-state index in [1.54, 1.807) is 13.1 Å². The van der Waals surface area contributed by atoms with Crippen LogP contribution < -0.4 is 10.1 Å². The fourth-order valence-electron chi connectivity index (χ4n) is 3.33. The number of rotatable bonds is 9. The summed E-state index contributed by atoms with van der Waals surface area (Å²) in [4.78, 5) is 38.3. The first-order valence-corrected chi connectivity index (χ1v) is 9.80. The molecule has 0 atom stereocenters. The molecule has 1 fully saturated rings. The smallest absolute Gasteiger partial charge is 0.387 e. The van der Waals surface area contributed by atoms with E-state index in [-0.39, 0.29) is 43.1 Å². The van der Waals surface area contributed by atoms with Crippen molar-refractivity contribution < 1.29 is 27.9 Å². The number of halogens is 2. The van der Waals surface area contributed by atoms with Crippen molar-refractivity contribution in [2.45, 2.75) is 25.9 Å². The van der Waals surface area contributed by atoms with Gasteiger partial charge in [-0.05, 0) is 30.2 Å². The van der Waals surface area contributed by atoms with Gasteiger partial charge in [0.15, 0.2) is 0 Å². The Labute approximate surface area is 178 Å². The van der Waals surface area contributed by atoms with Crippen molar-refractivity contribution in [2.75, 3.05) is 25.5 Å². The molecule has 3 rings (SSSR count). The molecule has 1 heterocycles. The van der Waals surface area contributed by atoms with E-state index >= 15 is 0 Å². The van der Waals surface area contributed by atoms with Crippen LogP contribution in [0.15, 0.2) is 48.5 Å². The second kappa shape index (κ2) is 10.0. The number of carbonyl (C=O) groups excluding carboxylic acids is 3. The molecule has 0 aliphatic carbocycles. The summed E-state index contributed by atoms with van der Waals surface area (Å²) in [6.45, 7) is -2.75. The second-order valence-electron chi connectivity index (χ2n) is 7.20. The van der Waals surface area contributed by atoms with Gasteiger partial charge in [-0.3, -0.25) is 14.5 Å². The predicted molar refractivity (Wildman–Crippen MR) is 110 cm³/mol. The van der Waals surface area contributed by atoms with Crippen LogP contribution in [0.4, 0.5) is 19.3 Å². The third-order valence-corrected chi connectivity index (χ3v) is 4.81. The minimum Gasteiger partial charge on any atom is -0.435 e. The Kier molecular flexibility index (Phi) is 7.17. The maximum atomic E-state index is 12.7. The van der Waals surface area contributed by atoms with Crippen LogP contribution in [-0.4, -0.2) is 54.4 Å². The SMILES string of the molecule is CN1CC(=O)N(CCCC(=O)Nc2ccc(OC(F)F)c(Cc3ccccc3)c2)C1=O. The lowest BCUT2D eigenvalue weighted by molar-refractivity contribution is -0.125. The van der Waals surface area contributed by atoms with Gasteiger partial charge < -0.3 is 15.0 Å². The number of imide groups is 1. The molecular formula is C22H23F2N3O4. The van der Waals surface area contributed by atoms with Crippen LogP contribution in [0.3, 0.4) is 0 Å². The molecule has 0 aromatic heterocycles. The topological polar surface area (TPSA) is 79.0 Å². The first kappa shape index (κ1) is 22.2. The highest BCUT2D eigenvalue weighted by atomic mass is 19.3. The van der Waals surface area contributed by atoms with E-state index in [1.165, 1.54) is 17.0 Å². The molecule has 4 amide bonds. The highest BCUT2D eigenvalue weighted by molar-refractivity contribution is 6.01. The molecule has 0 spiro atoms. The van der Waals surface area contributed by atoms with E-state index in [0.717, 1.165) is 10.5 Å². The van der Waals surface area contributed by atoms with Crippen molar-refractivity contribution in [1.29, 1.82) is 0 Å². The third-order valence-electron chi connectivity index (χ3n) is 4.81. The van der Waals surface area contributed by atoms with Crippen molar-refractivity contribution in [3.63, 3.8) is 0 Å². The van der Waals surface area contributed by atoms with Gasteiger partial charge in [-0.1, -0.05) is 30.3 Å². The molecule has 0 unspecified atom stereocenters. The maximum Gasteiger partial charge on any atom is 0.387 e. The number of alkyl halides is 2. The predicted octanol–water partition coefficient (Wildman–Crippen LogP) is 3.49. The normalized spacial score (nSPS) is 13.8. The highest BCUT2D eigenvalue weighted by Crippen LogP contribution is 2.27. The maximum absolute atomic E-state index is 12.7. The van der Waals surface area contributed by atoms with Gasteiger partial charge in [0.2, 0.25) is 11.8 Å². The summed E-state index contributed by atoms with van der Waals surface area (Å²) in [5.74, 6) is -0.541. The molecule has 9 heteroatoms.